The molecule has 0 N–H and O–H groups in total. The Hall–Kier alpha value is -2.73. The highest BCUT2D eigenvalue weighted by molar-refractivity contribution is 5.56. The number of rotatable bonds is 4. The average molecular weight is 365 g/mol. The van der Waals surface area contributed by atoms with Crippen molar-refractivity contribution in [2.75, 3.05) is 31.1 Å². The van der Waals surface area contributed by atoms with Crippen LogP contribution in [0, 0.1) is 19.7 Å². The molecule has 0 spiro atoms. The summed E-state index contributed by atoms with van der Waals surface area (Å²) < 4.78 is 15.0. The number of nitrogens with zero attached hydrogens (tertiary/aromatic N) is 5. The van der Waals surface area contributed by atoms with Gasteiger partial charge < -0.3 is 4.90 Å². The highest BCUT2D eigenvalue weighted by Crippen LogP contribution is 2.27. The predicted molar refractivity (Wildman–Crippen MR) is 105 cm³/mol. The number of aryl methyl sites for hydroxylation is 1. The third-order valence-electron chi connectivity index (χ3n) is 5.13. The van der Waals surface area contributed by atoms with E-state index in [1.54, 1.807) is 6.20 Å². The van der Waals surface area contributed by atoms with Gasteiger partial charge in [-0.2, -0.15) is 5.10 Å². The van der Waals surface area contributed by atoms with Crippen molar-refractivity contribution in [3.05, 3.63) is 71.4 Å². The molecule has 0 radical (unpaired) electrons. The fraction of sp³-hybridized carbons (Fsp3) is 0.333. The first-order valence-electron chi connectivity index (χ1n) is 9.31. The second-order valence-electron chi connectivity index (χ2n) is 7.01. The number of piperazine rings is 1. The first kappa shape index (κ1) is 17.7. The number of benzene rings is 1. The zero-order valence-corrected chi connectivity index (χ0v) is 15.8. The summed E-state index contributed by atoms with van der Waals surface area (Å²) in [5.41, 5.74) is 4.52. The van der Waals surface area contributed by atoms with Crippen LogP contribution in [0.2, 0.25) is 0 Å². The smallest absolute Gasteiger partial charge is 0.153 e. The van der Waals surface area contributed by atoms with Gasteiger partial charge in [-0.15, -0.1) is 0 Å². The summed E-state index contributed by atoms with van der Waals surface area (Å²) in [4.78, 5) is 9.25. The molecule has 1 saturated heterocycles. The van der Waals surface area contributed by atoms with Crippen molar-refractivity contribution in [3.8, 4) is 5.82 Å². The monoisotopic (exact) mass is 365 g/mol. The molecule has 1 fully saturated rings. The summed E-state index contributed by atoms with van der Waals surface area (Å²) in [5.74, 6) is 0.665. The van der Waals surface area contributed by atoms with Crippen LogP contribution in [0.4, 0.5) is 10.1 Å². The van der Waals surface area contributed by atoms with Crippen LogP contribution in [0.25, 0.3) is 5.82 Å². The summed E-state index contributed by atoms with van der Waals surface area (Å²) >= 11 is 0. The molecule has 3 heterocycles. The second-order valence-corrected chi connectivity index (χ2v) is 7.01. The molecule has 0 amide bonds. The largest absolute Gasteiger partial charge is 0.366 e. The van der Waals surface area contributed by atoms with E-state index in [0.29, 0.717) is 0 Å². The van der Waals surface area contributed by atoms with Crippen LogP contribution in [0.3, 0.4) is 0 Å². The standard InChI is InChI=1S/C21H24FN5/c1-16-21(17(2)27(24-16)20-5-3-4-10-23-20)26-13-11-25(12-14-26)15-18-6-8-19(22)9-7-18/h3-10H,11-15H2,1-2H3. The average Bonchev–Trinajstić information content (AvgIpc) is 2.99. The minimum atomic E-state index is -0.181. The molecule has 0 saturated carbocycles. The van der Waals surface area contributed by atoms with Crippen LogP contribution in [-0.2, 0) is 6.54 Å². The lowest BCUT2D eigenvalue weighted by Gasteiger charge is -2.36. The van der Waals surface area contributed by atoms with Crippen LogP contribution in [-0.4, -0.2) is 45.8 Å². The fourth-order valence-electron chi connectivity index (χ4n) is 3.77. The number of hydrogen-bond donors (Lipinski definition) is 0. The van der Waals surface area contributed by atoms with Crippen molar-refractivity contribution >= 4 is 5.69 Å². The van der Waals surface area contributed by atoms with Crippen molar-refractivity contribution in [1.29, 1.82) is 0 Å². The molecule has 2 aromatic heterocycles. The normalized spacial score (nSPS) is 15.3. The molecular formula is C21H24FN5. The molecule has 6 heteroatoms. The van der Waals surface area contributed by atoms with E-state index in [4.69, 9.17) is 5.10 Å². The van der Waals surface area contributed by atoms with Crippen molar-refractivity contribution in [2.45, 2.75) is 20.4 Å². The molecular weight excluding hydrogens is 341 g/mol. The SMILES string of the molecule is Cc1nn(-c2ccccn2)c(C)c1N1CCN(Cc2ccc(F)cc2)CC1. The number of hydrogen-bond acceptors (Lipinski definition) is 4. The summed E-state index contributed by atoms with van der Waals surface area (Å²) in [6.07, 6.45) is 1.79. The second kappa shape index (κ2) is 7.48. The Balaban J connectivity index is 1.45. The van der Waals surface area contributed by atoms with E-state index in [9.17, 15) is 4.39 Å². The molecule has 1 aliphatic rings. The Morgan fingerprint density at radius 1 is 0.963 bits per heavy atom. The molecule has 0 aliphatic carbocycles. The molecule has 0 atom stereocenters. The van der Waals surface area contributed by atoms with E-state index in [0.717, 1.165) is 55.5 Å². The van der Waals surface area contributed by atoms with Crippen molar-refractivity contribution in [1.82, 2.24) is 19.7 Å². The van der Waals surface area contributed by atoms with Gasteiger partial charge in [0.1, 0.15) is 5.82 Å². The maximum Gasteiger partial charge on any atom is 0.153 e. The highest BCUT2D eigenvalue weighted by atomic mass is 19.1. The first-order valence-corrected chi connectivity index (χ1v) is 9.31. The van der Waals surface area contributed by atoms with Gasteiger partial charge >= 0.3 is 0 Å². The summed E-state index contributed by atoms with van der Waals surface area (Å²) in [6.45, 7) is 8.89. The number of anilines is 1. The Kier molecular flexibility index (Phi) is 4.90. The van der Waals surface area contributed by atoms with Gasteiger partial charge in [0.25, 0.3) is 0 Å². The van der Waals surface area contributed by atoms with Gasteiger partial charge in [-0.05, 0) is 43.7 Å². The predicted octanol–water partition coefficient (Wildman–Crippen LogP) is 3.35. The van der Waals surface area contributed by atoms with Gasteiger partial charge in [0.15, 0.2) is 5.82 Å². The maximum atomic E-state index is 13.1. The molecule has 4 rings (SSSR count). The van der Waals surface area contributed by atoms with E-state index in [1.807, 2.05) is 35.0 Å². The van der Waals surface area contributed by atoms with Gasteiger partial charge in [0, 0.05) is 38.9 Å². The van der Waals surface area contributed by atoms with Crippen LogP contribution in [0.5, 0.6) is 0 Å². The van der Waals surface area contributed by atoms with Gasteiger partial charge in [0.2, 0.25) is 0 Å². The van der Waals surface area contributed by atoms with E-state index in [1.165, 1.54) is 17.8 Å². The minimum Gasteiger partial charge on any atom is -0.366 e. The molecule has 0 unspecified atom stereocenters. The highest BCUT2D eigenvalue weighted by Gasteiger charge is 2.23. The molecule has 140 valence electrons. The lowest BCUT2D eigenvalue weighted by molar-refractivity contribution is 0.249. The van der Waals surface area contributed by atoms with Gasteiger partial charge in [-0.25, -0.2) is 14.1 Å². The first-order chi connectivity index (χ1) is 13.1. The van der Waals surface area contributed by atoms with E-state index < -0.39 is 0 Å². The zero-order chi connectivity index (χ0) is 18.8. The molecule has 1 aromatic carbocycles. The van der Waals surface area contributed by atoms with Gasteiger partial charge in [-0.3, -0.25) is 4.90 Å². The van der Waals surface area contributed by atoms with Crippen LogP contribution < -0.4 is 4.90 Å². The van der Waals surface area contributed by atoms with Crippen molar-refractivity contribution in [2.24, 2.45) is 0 Å². The summed E-state index contributed by atoms with van der Waals surface area (Å²) in [5, 5.41) is 4.71. The van der Waals surface area contributed by atoms with Gasteiger partial charge in [-0.1, -0.05) is 18.2 Å². The minimum absolute atomic E-state index is 0.181. The summed E-state index contributed by atoms with van der Waals surface area (Å²) in [6, 6.07) is 12.7. The van der Waals surface area contributed by atoms with Crippen LogP contribution in [0.15, 0.2) is 48.7 Å². The fourth-order valence-corrected chi connectivity index (χ4v) is 3.77. The van der Waals surface area contributed by atoms with Crippen molar-refractivity contribution in [3.63, 3.8) is 0 Å². The van der Waals surface area contributed by atoms with Crippen molar-refractivity contribution < 1.29 is 4.39 Å². The van der Waals surface area contributed by atoms with Gasteiger partial charge in [0.05, 0.1) is 17.1 Å². The van der Waals surface area contributed by atoms with Crippen LogP contribution in [0.1, 0.15) is 17.0 Å². The number of pyridine rings is 1. The Morgan fingerprint density at radius 3 is 2.37 bits per heavy atom. The Bertz CT molecular complexity index is 896. The molecule has 1 aliphatic heterocycles. The summed E-state index contributed by atoms with van der Waals surface area (Å²) in [7, 11) is 0. The maximum absolute atomic E-state index is 13.1. The Morgan fingerprint density at radius 2 is 1.70 bits per heavy atom. The lowest BCUT2D eigenvalue weighted by atomic mass is 10.2. The Labute approximate surface area is 159 Å². The van der Waals surface area contributed by atoms with E-state index in [-0.39, 0.29) is 5.82 Å². The third-order valence-corrected chi connectivity index (χ3v) is 5.13. The molecule has 27 heavy (non-hydrogen) atoms. The third kappa shape index (κ3) is 3.71. The molecule has 3 aromatic rings. The number of halogens is 1. The van der Waals surface area contributed by atoms with E-state index >= 15 is 0 Å². The molecule has 0 bridgehead atoms. The van der Waals surface area contributed by atoms with E-state index in [2.05, 4.69) is 28.6 Å². The lowest BCUT2D eigenvalue weighted by Crippen LogP contribution is -2.46. The molecule has 5 nitrogen and oxygen atoms in total. The topological polar surface area (TPSA) is 37.2 Å². The zero-order valence-electron chi connectivity index (χ0n) is 15.8. The quantitative estimate of drug-likeness (QED) is 0.711. The van der Waals surface area contributed by atoms with Crippen LogP contribution >= 0.6 is 0 Å². The number of aromatic nitrogens is 3.